The van der Waals surface area contributed by atoms with Crippen LogP contribution in [0.4, 0.5) is 0 Å². The second kappa shape index (κ2) is 9.30. The fraction of sp³-hybridized carbons (Fsp3) is 0.217. The average Bonchev–Trinajstić information content (AvgIpc) is 2.70. The smallest absolute Gasteiger partial charge is 0.0967 e. The minimum Gasteiger partial charge on any atom is -0.389 e. The summed E-state index contributed by atoms with van der Waals surface area (Å²) in [6, 6.07) is 28.7. The van der Waals surface area contributed by atoms with Crippen molar-refractivity contribution in [1.29, 1.82) is 0 Å². The van der Waals surface area contributed by atoms with Crippen LogP contribution in [0.5, 0.6) is 0 Å². The van der Waals surface area contributed by atoms with Gasteiger partial charge in [-0.2, -0.15) is 0 Å². The number of nitrogens with one attached hydrogen (secondary N) is 1. The quantitative estimate of drug-likeness (QED) is 0.642. The Morgan fingerprint density at radius 1 is 0.808 bits per heavy atom. The first-order chi connectivity index (χ1) is 12.8. The molecule has 3 aromatic carbocycles. The SMILES string of the molecule is COC[C@H](O)[C@H](NCc1ccc(-c2ccccc2)cc1)c1ccccc1. The zero-order valence-electron chi connectivity index (χ0n) is 15.0. The first-order valence-electron chi connectivity index (χ1n) is 8.87. The van der Waals surface area contributed by atoms with E-state index in [1.807, 2.05) is 48.5 Å². The van der Waals surface area contributed by atoms with Crippen LogP contribution in [-0.2, 0) is 11.3 Å². The largest absolute Gasteiger partial charge is 0.389 e. The predicted molar refractivity (Wildman–Crippen MR) is 106 cm³/mol. The Balaban J connectivity index is 1.69. The van der Waals surface area contributed by atoms with Crippen LogP contribution in [-0.4, -0.2) is 24.9 Å². The normalized spacial score (nSPS) is 13.3. The van der Waals surface area contributed by atoms with E-state index >= 15 is 0 Å². The molecular formula is C23H25NO2. The fourth-order valence-corrected chi connectivity index (χ4v) is 3.08. The van der Waals surface area contributed by atoms with Crippen molar-refractivity contribution in [2.75, 3.05) is 13.7 Å². The molecule has 0 unspecified atom stereocenters. The maximum absolute atomic E-state index is 10.4. The van der Waals surface area contributed by atoms with E-state index in [1.54, 1.807) is 7.11 Å². The molecule has 0 aliphatic rings. The minimum atomic E-state index is -0.606. The van der Waals surface area contributed by atoms with Gasteiger partial charge in [-0.15, -0.1) is 0 Å². The van der Waals surface area contributed by atoms with Crippen molar-refractivity contribution in [2.24, 2.45) is 0 Å². The number of ether oxygens (including phenoxy) is 1. The summed E-state index contributed by atoms with van der Waals surface area (Å²) in [6.45, 7) is 0.967. The topological polar surface area (TPSA) is 41.5 Å². The number of methoxy groups -OCH3 is 1. The molecule has 2 atom stereocenters. The van der Waals surface area contributed by atoms with Crippen LogP contribution in [0.1, 0.15) is 17.2 Å². The molecule has 26 heavy (non-hydrogen) atoms. The van der Waals surface area contributed by atoms with Gasteiger partial charge in [-0.25, -0.2) is 0 Å². The molecule has 0 heterocycles. The Morgan fingerprint density at radius 2 is 1.38 bits per heavy atom. The summed E-state index contributed by atoms with van der Waals surface area (Å²) >= 11 is 0. The molecule has 0 aromatic heterocycles. The number of hydrogen-bond donors (Lipinski definition) is 2. The van der Waals surface area contributed by atoms with Crippen LogP contribution in [0, 0.1) is 0 Å². The summed E-state index contributed by atoms with van der Waals surface area (Å²) in [5, 5.41) is 13.9. The zero-order valence-corrected chi connectivity index (χ0v) is 15.0. The first-order valence-corrected chi connectivity index (χ1v) is 8.87. The van der Waals surface area contributed by atoms with E-state index in [-0.39, 0.29) is 6.04 Å². The third-order valence-electron chi connectivity index (χ3n) is 4.47. The number of benzene rings is 3. The Kier molecular flexibility index (Phi) is 6.56. The monoisotopic (exact) mass is 347 g/mol. The molecule has 3 aromatic rings. The van der Waals surface area contributed by atoms with Crippen LogP contribution in [0.25, 0.3) is 11.1 Å². The highest BCUT2D eigenvalue weighted by atomic mass is 16.5. The summed E-state index contributed by atoms with van der Waals surface area (Å²) in [6.07, 6.45) is -0.606. The predicted octanol–water partition coefficient (Wildman–Crippen LogP) is 4.19. The van der Waals surface area contributed by atoms with Gasteiger partial charge < -0.3 is 15.2 Å². The molecule has 3 nitrogen and oxygen atoms in total. The number of rotatable bonds is 8. The van der Waals surface area contributed by atoms with E-state index in [0.29, 0.717) is 13.2 Å². The van der Waals surface area contributed by atoms with Crippen LogP contribution in [0.15, 0.2) is 84.9 Å². The Hall–Kier alpha value is -2.46. The lowest BCUT2D eigenvalue weighted by Gasteiger charge is -2.24. The van der Waals surface area contributed by atoms with Gasteiger partial charge >= 0.3 is 0 Å². The van der Waals surface area contributed by atoms with E-state index in [0.717, 1.165) is 5.56 Å². The van der Waals surface area contributed by atoms with Gasteiger partial charge in [0, 0.05) is 13.7 Å². The van der Waals surface area contributed by atoms with E-state index in [1.165, 1.54) is 16.7 Å². The standard InChI is InChI=1S/C23H25NO2/c1-26-17-22(25)23(21-10-6-3-7-11-21)24-16-18-12-14-20(15-13-18)19-8-4-2-5-9-19/h2-15,22-25H,16-17H2,1H3/t22-,23+/m0/s1. The average molecular weight is 347 g/mol. The van der Waals surface area contributed by atoms with Crippen molar-refractivity contribution in [3.05, 3.63) is 96.1 Å². The van der Waals surface area contributed by atoms with Gasteiger partial charge in [-0.3, -0.25) is 0 Å². The van der Waals surface area contributed by atoms with Gasteiger partial charge in [0.2, 0.25) is 0 Å². The minimum absolute atomic E-state index is 0.176. The second-order valence-corrected chi connectivity index (χ2v) is 6.35. The van der Waals surface area contributed by atoms with Crippen LogP contribution >= 0.6 is 0 Å². The van der Waals surface area contributed by atoms with Crippen LogP contribution < -0.4 is 5.32 Å². The lowest BCUT2D eigenvalue weighted by atomic mass is 10.0. The van der Waals surface area contributed by atoms with Gasteiger partial charge in [-0.1, -0.05) is 84.9 Å². The van der Waals surface area contributed by atoms with Crippen molar-refractivity contribution in [3.63, 3.8) is 0 Å². The van der Waals surface area contributed by atoms with Gasteiger partial charge in [0.25, 0.3) is 0 Å². The third-order valence-corrected chi connectivity index (χ3v) is 4.47. The van der Waals surface area contributed by atoms with Gasteiger partial charge in [0.1, 0.15) is 0 Å². The summed E-state index contributed by atoms with van der Waals surface area (Å²) in [5.41, 5.74) is 4.64. The molecule has 0 saturated carbocycles. The highest BCUT2D eigenvalue weighted by molar-refractivity contribution is 5.63. The maximum atomic E-state index is 10.4. The van der Waals surface area contributed by atoms with Crippen molar-refractivity contribution in [1.82, 2.24) is 5.32 Å². The Morgan fingerprint density at radius 3 is 2.00 bits per heavy atom. The lowest BCUT2D eigenvalue weighted by Crippen LogP contribution is -2.34. The van der Waals surface area contributed by atoms with E-state index < -0.39 is 6.10 Å². The molecule has 0 aliphatic heterocycles. The Labute approximate surface area is 155 Å². The number of hydrogen-bond acceptors (Lipinski definition) is 3. The molecule has 0 bridgehead atoms. The van der Waals surface area contributed by atoms with Crippen LogP contribution in [0.2, 0.25) is 0 Å². The summed E-state index contributed by atoms with van der Waals surface area (Å²) in [5.74, 6) is 0. The number of aliphatic hydroxyl groups excluding tert-OH is 1. The summed E-state index contributed by atoms with van der Waals surface area (Å²) in [7, 11) is 1.60. The summed E-state index contributed by atoms with van der Waals surface area (Å²) < 4.78 is 5.13. The van der Waals surface area contributed by atoms with E-state index in [4.69, 9.17) is 4.74 Å². The molecule has 134 valence electrons. The van der Waals surface area contributed by atoms with Crippen molar-refractivity contribution in [3.8, 4) is 11.1 Å². The van der Waals surface area contributed by atoms with E-state index in [2.05, 4.69) is 41.7 Å². The molecule has 3 heteroatoms. The van der Waals surface area contributed by atoms with Gasteiger partial charge in [0.15, 0.2) is 0 Å². The Bertz CT molecular complexity index is 772. The highest BCUT2D eigenvalue weighted by Crippen LogP contribution is 2.21. The fourth-order valence-electron chi connectivity index (χ4n) is 3.08. The van der Waals surface area contributed by atoms with Crippen molar-refractivity contribution < 1.29 is 9.84 Å². The number of aliphatic hydroxyl groups is 1. The molecule has 2 N–H and O–H groups in total. The molecule has 0 aliphatic carbocycles. The van der Waals surface area contributed by atoms with Gasteiger partial charge in [-0.05, 0) is 22.3 Å². The molecule has 0 amide bonds. The molecule has 0 radical (unpaired) electrons. The molecule has 0 spiro atoms. The van der Waals surface area contributed by atoms with Crippen molar-refractivity contribution >= 4 is 0 Å². The molecule has 3 rings (SSSR count). The zero-order chi connectivity index (χ0) is 18.2. The second-order valence-electron chi connectivity index (χ2n) is 6.35. The molecule has 0 fully saturated rings. The third kappa shape index (κ3) is 4.79. The first kappa shape index (κ1) is 18.3. The molecule has 0 saturated heterocycles. The lowest BCUT2D eigenvalue weighted by molar-refractivity contribution is 0.0379. The van der Waals surface area contributed by atoms with Gasteiger partial charge in [0.05, 0.1) is 18.8 Å². The van der Waals surface area contributed by atoms with E-state index in [9.17, 15) is 5.11 Å². The summed E-state index contributed by atoms with van der Waals surface area (Å²) in [4.78, 5) is 0. The highest BCUT2D eigenvalue weighted by Gasteiger charge is 2.20. The maximum Gasteiger partial charge on any atom is 0.0967 e. The molecular weight excluding hydrogens is 322 g/mol. The van der Waals surface area contributed by atoms with Crippen LogP contribution in [0.3, 0.4) is 0 Å². The van der Waals surface area contributed by atoms with Crippen molar-refractivity contribution in [2.45, 2.75) is 18.7 Å².